The molecular weight excluding hydrogens is 404 g/mol. The molecule has 30 heavy (non-hydrogen) atoms. The summed E-state index contributed by atoms with van der Waals surface area (Å²) in [6, 6.07) is 10.6. The normalized spacial score (nSPS) is 14.0. The van der Waals surface area contributed by atoms with Crippen LogP contribution in [0.15, 0.2) is 36.5 Å². The Hall–Kier alpha value is -3.15. The maximum atomic E-state index is 12.4. The Morgan fingerprint density at radius 2 is 2.10 bits per heavy atom. The van der Waals surface area contributed by atoms with E-state index >= 15 is 0 Å². The van der Waals surface area contributed by atoms with E-state index in [9.17, 15) is 9.90 Å². The largest absolute Gasteiger partial charge is 0.387 e. The van der Waals surface area contributed by atoms with E-state index in [0.717, 1.165) is 11.3 Å². The lowest BCUT2D eigenvalue weighted by atomic mass is 10.0. The van der Waals surface area contributed by atoms with E-state index in [0.29, 0.717) is 22.8 Å². The topological polar surface area (TPSA) is 120 Å². The summed E-state index contributed by atoms with van der Waals surface area (Å²) in [6.07, 6.45) is 1.16. The molecule has 0 spiro atoms. The number of aromatic nitrogens is 4. The minimum absolute atomic E-state index is 0.0985. The van der Waals surface area contributed by atoms with E-state index in [1.807, 2.05) is 42.9 Å². The predicted molar refractivity (Wildman–Crippen MR) is 113 cm³/mol. The average molecular weight is 427 g/mol. The molecule has 0 aliphatic rings. The van der Waals surface area contributed by atoms with Crippen molar-refractivity contribution < 1.29 is 9.90 Å². The molecule has 156 valence electrons. The Morgan fingerprint density at radius 3 is 2.73 bits per heavy atom. The van der Waals surface area contributed by atoms with Crippen LogP contribution in [0.3, 0.4) is 0 Å². The van der Waals surface area contributed by atoms with Crippen LogP contribution in [0, 0.1) is 17.2 Å². The first kappa shape index (κ1) is 21.6. The molecule has 2 unspecified atom stereocenters. The molecule has 2 aromatic heterocycles. The summed E-state index contributed by atoms with van der Waals surface area (Å²) in [4.78, 5) is 12.4. The predicted octanol–water partition coefficient (Wildman–Crippen LogP) is 3.31. The number of nitriles is 1. The Bertz CT molecular complexity index is 1080. The Morgan fingerprint density at radius 1 is 1.33 bits per heavy atom. The highest BCUT2D eigenvalue weighted by atomic mass is 35.5. The smallest absolute Gasteiger partial charge is 0.271 e. The van der Waals surface area contributed by atoms with Crippen molar-refractivity contribution in [3.63, 3.8) is 0 Å². The van der Waals surface area contributed by atoms with E-state index in [1.165, 1.54) is 0 Å². The SMILES string of the molecule is CC(O)c1cc(C(=O)N[C@@H](C)C(C)Cn2ccc(-c3ccc(C#N)c(Cl)c3)n2)n[nH]1. The number of halogens is 1. The number of rotatable bonds is 7. The van der Waals surface area contributed by atoms with Gasteiger partial charge < -0.3 is 10.4 Å². The lowest BCUT2D eigenvalue weighted by Gasteiger charge is -2.20. The van der Waals surface area contributed by atoms with Gasteiger partial charge in [0.05, 0.1) is 28.1 Å². The van der Waals surface area contributed by atoms with Gasteiger partial charge in [0.1, 0.15) is 11.8 Å². The molecular formula is C21H23ClN6O2. The summed E-state index contributed by atoms with van der Waals surface area (Å²) in [6.45, 7) is 6.15. The number of amides is 1. The van der Waals surface area contributed by atoms with Gasteiger partial charge in [-0.05, 0) is 44.0 Å². The number of aliphatic hydroxyl groups is 1. The van der Waals surface area contributed by atoms with Crippen molar-refractivity contribution in [2.45, 2.75) is 39.5 Å². The van der Waals surface area contributed by atoms with Crippen molar-refractivity contribution in [2.75, 3.05) is 0 Å². The zero-order valence-electron chi connectivity index (χ0n) is 16.9. The summed E-state index contributed by atoms with van der Waals surface area (Å²) in [5.74, 6) is -0.202. The van der Waals surface area contributed by atoms with E-state index in [2.05, 4.69) is 20.6 Å². The zero-order valence-corrected chi connectivity index (χ0v) is 17.7. The van der Waals surface area contributed by atoms with Crippen LogP contribution in [-0.4, -0.2) is 37.0 Å². The number of carbonyl (C=O) groups excluding carboxylic acids is 1. The van der Waals surface area contributed by atoms with Gasteiger partial charge in [-0.1, -0.05) is 24.6 Å². The standard InChI is InChI=1S/C21H23ClN6O2/c1-12(13(2)24-21(30)20-9-19(14(3)29)25-26-20)11-28-7-6-18(27-28)15-4-5-16(10-23)17(22)8-15/h4-9,12-14,29H,11H2,1-3H3,(H,24,30)(H,25,26)/t12?,13-,14?/m0/s1. The number of benzene rings is 1. The Balaban J connectivity index is 1.61. The third-order valence-corrected chi connectivity index (χ3v) is 5.31. The van der Waals surface area contributed by atoms with Gasteiger partial charge in [0.25, 0.3) is 5.91 Å². The fourth-order valence-corrected chi connectivity index (χ4v) is 3.15. The van der Waals surface area contributed by atoms with Crippen molar-refractivity contribution in [3.8, 4) is 17.3 Å². The average Bonchev–Trinajstić information content (AvgIpc) is 3.37. The number of hydrogen-bond acceptors (Lipinski definition) is 5. The number of nitrogens with one attached hydrogen (secondary N) is 2. The van der Waals surface area contributed by atoms with Crippen LogP contribution in [-0.2, 0) is 6.54 Å². The summed E-state index contributed by atoms with van der Waals surface area (Å²) in [7, 11) is 0. The Labute approximate surface area is 179 Å². The molecule has 0 fully saturated rings. The summed E-state index contributed by atoms with van der Waals surface area (Å²) in [5.41, 5.74) is 2.75. The highest BCUT2D eigenvalue weighted by Crippen LogP contribution is 2.24. The monoisotopic (exact) mass is 426 g/mol. The molecule has 0 aliphatic carbocycles. The number of hydrogen-bond donors (Lipinski definition) is 3. The van der Waals surface area contributed by atoms with E-state index in [-0.39, 0.29) is 23.6 Å². The van der Waals surface area contributed by atoms with Crippen LogP contribution in [0.1, 0.15) is 48.6 Å². The van der Waals surface area contributed by atoms with Gasteiger partial charge in [0.15, 0.2) is 0 Å². The van der Waals surface area contributed by atoms with Gasteiger partial charge in [-0.15, -0.1) is 0 Å². The molecule has 8 nitrogen and oxygen atoms in total. The summed E-state index contributed by atoms with van der Waals surface area (Å²) >= 11 is 6.11. The first-order chi connectivity index (χ1) is 14.3. The highest BCUT2D eigenvalue weighted by molar-refractivity contribution is 6.32. The number of aliphatic hydroxyl groups excluding tert-OH is 1. The molecule has 3 rings (SSSR count). The quantitative estimate of drug-likeness (QED) is 0.535. The van der Waals surface area contributed by atoms with Crippen molar-refractivity contribution in [2.24, 2.45) is 5.92 Å². The van der Waals surface area contributed by atoms with E-state index in [1.54, 1.807) is 25.1 Å². The van der Waals surface area contributed by atoms with Crippen molar-refractivity contribution in [1.29, 1.82) is 5.26 Å². The molecule has 0 aliphatic heterocycles. The number of H-pyrrole nitrogens is 1. The molecule has 0 saturated carbocycles. The molecule has 0 radical (unpaired) electrons. The first-order valence-electron chi connectivity index (χ1n) is 9.56. The van der Waals surface area contributed by atoms with Crippen LogP contribution in [0.4, 0.5) is 0 Å². The molecule has 1 amide bonds. The first-order valence-corrected chi connectivity index (χ1v) is 9.94. The van der Waals surface area contributed by atoms with Crippen molar-refractivity contribution >= 4 is 17.5 Å². The van der Waals surface area contributed by atoms with E-state index < -0.39 is 6.10 Å². The van der Waals surface area contributed by atoms with Gasteiger partial charge in [0, 0.05) is 24.3 Å². The lowest BCUT2D eigenvalue weighted by molar-refractivity contribution is 0.0920. The third-order valence-electron chi connectivity index (χ3n) is 4.99. The Kier molecular flexibility index (Phi) is 6.55. The lowest BCUT2D eigenvalue weighted by Crippen LogP contribution is -2.38. The molecule has 3 atom stereocenters. The summed E-state index contributed by atoms with van der Waals surface area (Å²) in [5, 5.41) is 33.0. The fourth-order valence-electron chi connectivity index (χ4n) is 2.93. The van der Waals surface area contributed by atoms with Gasteiger partial charge in [-0.25, -0.2) is 0 Å². The molecule has 3 aromatic rings. The summed E-state index contributed by atoms with van der Waals surface area (Å²) < 4.78 is 1.81. The van der Waals surface area contributed by atoms with Crippen molar-refractivity contribution in [1.82, 2.24) is 25.3 Å². The number of carbonyl (C=O) groups is 1. The van der Waals surface area contributed by atoms with Crippen molar-refractivity contribution in [3.05, 3.63) is 58.5 Å². The second-order valence-corrected chi connectivity index (χ2v) is 7.76. The highest BCUT2D eigenvalue weighted by Gasteiger charge is 2.19. The molecule has 2 heterocycles. The molecule has 9 heteroatoms. The fraction of sp³-hybridized carbons (Fsp3) is 0.333. The maximum absolute atomic E-state index is 12.4. The number of aromatic amines is 1. The molecule has 3 N–H and O–H groups in total. The zero-order chi connectivity index (χ0) is 21.8. The van der Waals surface area contributed by atoms with Crippen LogP contribution in [0.25, 0.3) is 11.3 Å². The van der Waals surface area contributed by atoms with Gasteiger partial charge >= 0.3 is 0 Å². The van der Waals surface area contributed by atoms with Crippen LogP contribution in [0.2, 0.25) is 5.02 Å². The minimum atomic E-state index is -0.713. The number of nitrogens with zero attached hydrogens (tertiary/aromatic N) is 4. The second kappa shape index (κ2) is 9.11. The minimum Gasteiger partial charge on any atom is -0.387 e. The van der Waals surface area contributed by atoms with Crippen LogP contribution < -0.4 is 5.32 Å². The van der Waals surface area contributed by atoms with Crippen LogP contribution in [0.5, 0.6) is 0 Å². The third kappa shape index (κ3) is 4.87. The molecule has 0 bridgehead atoms. The van der Waals surface area contributed by atoms with E-state index in [4.69, 9.17) is 16.9 Å². The maximum Gasteiger partial charge on any atom is 0.271 e. The van der Waals surface area contributed by atoms with Gasteiger partial charge in [0.2, 0.25) is 0 Å². The van der Waals surface area contributed by atoms with Gasteiger partial charge in [-0.2, -0.15) is 15.5 Å². The molecule has 1 aromatic carbocycles. The molecule has 0 saturated heterocycles. The van der Waals surface area contributed by atoms with Gasteiger partial charge in [-0.3, -0.25) is 14.6 Å². The van der Waals surface area contributed by atoms with Crippen LogP contribution >= 0.6 is 11.6 Å². The second-order valence-electron chi connectivity index (χ2n) is 7.35.